The van der Waals surface area contributed by atoms with E-state index in [-0.39, 0.29) is 47.3 Å². The number of phenols is 1. The first kappa shape index (κ1) is 21.7. The number of nitrogens with zero attached hydrogens (tertiary/aromatic N) is 3. The molecule has 2 aromatic rings. The van der Waals surface area contributed by atoms with Crippen LogP contribution in [-0.2, 0) is 14.8 Å². The average Bonchev–Trinajstić information content (AvgIpc) is 2.68. The Balaban J connectivity index is 1.96. The summed E-state index contributed by atoms with van der Waals surface area (Å²) < 4.78 is 33.4. The molecule has 2 aromatic carbocycles. The molecule has 160 valence electrons. The number of rotatable bonds is 6. The van der Waals surface area contributed by atoms with E-state index in [0.717, 1.165) is 6.07 Å². The number of hydrazone groups is 1. The highest BCUT2D eigenvalue weighted by molar-refractivity contribution is 7.89. The number of ether oxygens (including phenoxy) is 1. The monoisotopic (exact) mass is 434 g/mol. The maximum atomic E-state index is 13.3. The largest absolute Gasteiger partial charge is 0.507 e. The number of nitro groups is 1. The predicted molar refractivity (Wildman–Crippen MR) is 111 cm³/mol. The van der Waals surface area contributed by atoms with Gasteiger partial charge in [-0.05, 0) is 32.0 Å². The fourth-order valence-electron chi connectivity index (χ4n) is 3.16. The summed E-state index contributed by atoms with van der Waals surface area (Å²) in [5.74, 6) is 0.0101. The zero-order valence-corrected chi connectivity index (χ0v) is 17.2. The van der Waals surface area contributed by atoms with Crippen LogP contribution in [0.25, 0.3) is 0 Å². The molecule has 2 atom stereocenters. The summed E-state index contributed by atoms with van der Waals surface area (Å²) in [5.41, 5.74) is 2.78. The molecular weight excluding hydrogens is 412 g/mol. The molecular formula is C19H22N4O6S. The summed E-state index contributed by atoms with van der Waals surface area (Å²) in [4.78, 5) is 10.3. The molecule has 1 aliphatic rings. The van der Waals surface area contributed by atoms with Gasteiger partial charge < -0.3 is 9.84 Å². The number of benzene rings is 2. The second-order valence-corrected chi connectivity index (χ2v) is 8.85. The van der Waals surface area contributed by atoms with Crippen molar-refractivity contribution in [2.45, 2.75) is 31.0 Å². The van der Waals surface area contributed by atoms with Crippen molar-refractivity contribution in [2.75, 3.05) is 18.5 Å². The van der Waals surface area contributed by atoms with Gasteiger partial charge in [0.05, 0.1) is 29.0 Å². The zero-order valence-electron chi connectivity index (χ0n) is 16.4. The number of para-hydroxylation sites is 1. The zero-order chi connectivity index (χ0) is 21.9. The summed E-state index contributed by atoms with van der Waals surface area (Å²) in [6.45, 7) is 3.80. The number of morpholine rings is 1. The highest BCUT2D eigenvalue weighted by atomic mass is 32.2. The second-order valence-electron chi connectivity index (χ2n) is 6.95. The van der Waals surface area contributed by atoms with Gasteiger partial charge in [0.1, 0.15) is 10.6 Å². The third-order valence-corrected chi connectivity index (χ3v) is 6.38. The van der Waals surface area contributed by atoms with E-state index in [1.807, 2.05) is 0 Å². The molecule has 1 fully saturated rings. The molecule has 3 rings (SSSR count). The van der Waals surface area contributed by atoms with Crippen LogP contribution < -0.4 is 5.43 Å². The fraction of sp³-hybridized carbons (Fsp3) is 0.316. The van der Waals surface area contributed by atoms with Gasteiger partial charge in [0.25, 0.3) is 5.69 Å². The van der Waals surface area contributed by atoms with Gasteiger partial charge in [-0.15, -0.1) is 0 Å². The van der Waals surface area contributed by atoms with Crippen molar-refractivity contribution in [1.82, 2.24) is 4.31 Å². The Morgan fingerprint density at radius 3 is 2.53 bits per heavy atom. The van der Waals surface area contributed by atoms with Gasteiger partial charge in [0.2, 0.25) is 10.0 Å². The van der Waals surface area contributed by atoms with Crippen LogP contribution >= 0.6 is 0 Å². The van der Waals surface area contributed by atoms with Crippen molar-refractivity contribution in [1.29, 1.82) is 0 Å². The molecule has 0 aromatic heterocycles. The van der Waals surface area contributed by atoms with Crippen LogP contribution in [0.1, 0.15) is 19.4 Å². The van der Waals surface area contributed by atoms with E-state index in [9.17, 15) is 23.6 Å². The Morgan fingerprint density at radius 1 is 1.23 bits per heavy atom. The molecule has 0 amide bonds. The van der Waals surface area contributed by atoms with Crippen LogP contribution in [0.2, 0.25) is 0 Å². The van der Waals surface area contributed by atoms with E-state index in [0.29, 0.717) is 5.56 Å². The lowest BCUT2D eigenvalue weighted by molar-refractivity contribution is -0.385. The number of phenolic OH excluding ortho intramolecular Hbond substituents is 1. The maximum Gasteiger partial charge on any atom is 0.270 e. The standard InChI is InChI=1S/C19H22N4O6S/c1-13-11-22(12-14(2)29-13)30(27,28)19-9-16(23(25)26)7-8-17(19)21-20-10-15-5-3-4-6-18(15)24/h3-10,13-14,21,24H,11-12H2,1-2H3/b20-10-/t13-,14-/m1/s1. The number of hydrogen-bond donors (Lipinski definition) is 2. The molecule has 0 saturated carbocycles. The Kier molecular flexibility index (Phi) is 6.34. The van der Waals surface area contributed by atoms with Crippen molar-refractivity contribution in [3.8, 4) is 5.75 Å². The lowest BCUT2D eigenvalue weighted by atomic mass is 10.2. The van der Waals surface area contributed by atoms with E-state index in [1.165, 1.54) is 28.7 Å². The van der Waals surface area contributed by atoms with Gasteiger partial charge in [-0.3, -0.25) is 15.5 Å². The van der Waals surface area contributed by atoms with Crippen LogP contribution in [0.4, 0.5) is 11.4 Å². The van der Waals surface area contributed by atoms with Gasteiger partial charge in [-0.1, -0.05) is 12.1 Å². The van der Waals surface area contributed by atoms with Crippen LogP contribution in [0.15, 0.2) is 52.5 Å². The quantitative estimate of drug-likeness (QED) is 0.405. The first-order valence-corrected chi connectivity index (χ1v) is 10.6. The van der Waals surface area contributed by atoms with E-state index in [1.54, 1.807) is 32.0 Å². The lowest BCUT2D eigenvalue weighted by Crippen LogP contribution is -2.48. The Morgan fingerprint density at radius 2 is 1.90 bits per heavy atom. The molecule has 10 nitrogen and oxygen atoms in total. The van der Waals surface area contributed by atoms with Crippen molar-refractivity contribution < 1.29 is 23.2 Å². The summed E-state index contributed by atoms with van der Waals surface area (Å²) in [6.07, 6.45) is 0.710. The van der Waals surface area contributed by atoms with Crippen LogP contribution in [0, 0.1) is 10.1 Å². The average molecular weight is 434 g/mol. The number of nitro benzene ring substituents is 1. The van der Waals surface area contributed by atoms with Gasteiger partial charge >= 0.3 is 0 Å². The summed E-state index contributed by atoms with van der Waals surface area (Å²) >= 11 is 0. The number of non-ortho nitro benzene ring substituents is 1. The van der Waals surface area contributed by atoms with E-state index in [2.05, 4.69) is 10.5 Å². The molecule has 0 aliphatic carbocycles. The number of nitrogens with one attached hydrogen (secondary N) is 1. The minimum Gasteiger partial charge on any atom is -0.507 e. The normalized spacial score (nSPS) is 20.3. The number of aromatic hydroxyl groups is 1. The number of anilines is 1. The minimum atomic E-state index is -4.05. The van der Waals surface area contributed by atoms with E-state index < -0.39 is 14.9 Å². The predicted octanol–water partition coefficient (Wildman–Crippen LogP) is 2.54. The van der Waals surface area contributed by atoms with Crippen molar-refractivity contribution in [3.63, 3.8) is 0 Å². The maximum absolute atomic E-state index is 13.3. The van der Waals surface area contributed by atoms with Crippen molar-refractivity contribution in [3.05, 3.63) is 58.1 Å². The molecule has 0 spiro atoms. The first-order chi connectivity index (χ1) is 14.2. The molecule has 1 heterocycles. The first-order valence-electron chi connectivity index (χ1n) is 9.19. The highest BCUT2D eigenvalue weighted by Gasteiger charge is 2.34. The van der Waals surface area contributed by atoms with Gasteiger partial charge in [-0.25, -0.2) is 8.42 Å². The third-order valence-electron chi connectivity index (χ3n) is 4.51. The summed E-state index contributed by atoms with van der Waals surface area (Å²) in [7, 11) is -4.05. The Hall–Kier alpha value is -3.02. The second kappa shape index (κ2) is 8.78. The van der Waals surface area contributed by atoms with Crippen LogP contribution in [0.3, 0.4) is 0 Å². The van der Waals surface area contributed by atoms with E-state index in [4.69, 9.17) is 4.74 Å². The molecule has 30 heavy (non-hydrogen) atoms. The molecule has 0 unspecified atom stereocenters. The minimum absolute atomic E-state index is 0.0101. The Bertz CT molecular complexity index is 1060. The molecule has 0 radical (unpaired) electrons. The van der Waals surface area contributed by atoms with Crippen LogP contribution in [-0.4, -0.2) is 54.3 Å². The van der Waals surface area contributed by atoms with E-state index >= 15 is 0 Å². The smallest absolute Gasteiger partial charge is 0.270 e. The topological polar surface area (TPSA) is 134 Å². The summed E-state index contributed by atoms with van der Waals surface area (Å²) in [6, 6.07) is 9.99. The highest BCUT2D eigenvalue weighted by Crippen LogP contribution is 2.30. The molecule has 1 aliphatic heterocycles. The summed E-state index contributed by atoms with van der Waals surface area (Å²) in [5, 5.41) is 25.0. The molecule has 0 bridgehead atoms. The van der Waals surface area contributed by atoms with Crippen molar-refractivity contribution >= 4 is 27.6 Å². The van der Waals surface area contributed by atoms with Gasteiger partial charge in [-0.2, -0.15) is 9.41 Å². The molecule has 11 heteroatoms. The molecule has 2 N–H and O–H groups in total. The molecule has 1 saturated heterocycles. The number of sulfonamides is 1. The number of hydrogen-bond acceptors (Lipinski definition) is 8. The third kappa shape index (κ3) is 4.75. The SMILES string of the molecule is C[C@@H]1CN(S(=O)(=O)c2cc([N+](=O)[O-])ccc2N/N=C\c2ccccc2O)C[C@@H](C)O1. The van der Waals surface area contributed by atoms with Crippen LogP contribution in [0.5, 0.6) is 5.75 Å². The Labute approximate surface area is 174 Å². The van der Waals surface area contributed by atoms with Gasteiger partial charge in [0.15, 0.2) is 0 Å². The van der Waals surface area contributed by atoms with Gasteiger partial charge in [0, 0.05) is 30.8 Å². The van der Waals surface area contributed by atoms with Crippen molar-refractivity contribution in [2.24, 2.45) is 5.10 Å². The fourth-order valence-corrected chi connectivity index (χ4v) is 4.92. The lowest BCUT2D eigenvalue weighted by Gasteiger charge is -2.34.